The van der Waals surface area contributed by atoms with Gasteiger partial charge in [-0.3, -0.25) is 19.2 Å². The Hall–Kier alpha value is -4.38. The van der Waals surface area contributed by atoms with E-state index in [1.807, 2.05) is 24.5 Å². The summed E-state index contributed by atoms with van der Waals surface area (Å²) in [5, 5.41) is 0.942. The Kier molecular flexibility index (Phi) is 7.74. The molecule has 5 rings (SSSR count). The fourth-order valence-corrected chi connectivity index (χ4v) is 5.34. The summed E-state index contributed by atoms with van der Waals surface area (Å²) in [6.45, 7) is 2.81. The number of fused-ring (bicyclic) bond motifs is 4. The van der Waals surface area contributed by atoms with Gasteiger partial charge in [-0.2, -0.15) is 0 Å². The molecule has 2 aromatic heterocycles. The van der Waals surface area contributed by atoms with Gasteiger partial charge in [0.2, 0.25) is 6.41 Å². The third kappa shape index (κ3) is 4.77. The minimum absolute atomic E-state index is 0.0802. The van der Waals surface area contributed by atoms with E-state index in [4.69, 9.17) is 14.5 Å². The van der Waals surface area contributed by atoms with Crippen LogP contribution >= 0.6 is 0 Å². The molecule has 0 bridgehead atoms. The number of unbranched alkanes of at least 4 members (excludes halogenated alkanes) is 2. The molecule has 0 radical (unpaired) electrons. The van der Waals surface area contributed by atoms with Gasteiger partial charge >= 0.3 is 5.97 Å². The summed E-state index contributed by atoms with van der Waals surface area (Å²) >= 11 is 0. The minimum atomic E-state index is -1.36. The van der Waals surface area contributed by atoms with Gasteiger partial charge in [0, 0.05) is 31.8 Å². The maximum absolute atomic E-state index is 13.8. The van der Waals surface area contributed by atoms with E-state index in [-0.39, 0.29) is 29.8 Å². The zero-order valence-corrected chi connectivity index (χ0v) is 22.8. The molecular formula is C29H31N5O6. The molecule has 1 aromatic carbocycles. The molecule has 3 aromatic rings. The maximum atomic E-state index is 13.8. The van der Waals surface area contributed by atoms with Crippen molar-refractivity contribution in [2.24, 2.45) is 4.99 Å². The number of hydrogen-bond donors (Lipinski definition) is 0. The molecule has 11 nitrogen and oxygen atoms in total. The first-order valence-electron chi connectivity index (χ1n) is 13.2. The Bertz CT molecular complexity index is 1580. The molecule has 1 amide bonds. The number of methoxy groups -OCH3 is 1. The van der Waals surface area contributed by atoms with Gasteiger partial charge in [-0.15, -0.1) is 0 Å². The number of esters is 1. The van der Waals surface area contributed by atoms with Crippen molar-refractivity contribution in [1.29, 1.82) is 0 Å². The van der Waals surface area contributed by atoms with Crippen LogP contribution in [0, 0.1) is 0 Å². The molecule has 0 spiro atoms. The summed E-state index contributed by atoms with van der Waals surface area (Å²) in [7, 11) is 2.87. The molecular weight excluding hydrogens is 514 g/mol. The van der Waals surface area contributed by atoms with Crippen molar-refractivity contribution >= 4 is 47.3 Å². The molecule has 208 valence electrons. The van der Waals surface area contributed by atoms with Gasteiger partial charge in [0.1, 0.15) is 6.54 Å². The van der Waals surface area contributed by atoms with Crippen molar-refractivity contribution in [3.63, 3.8) is 0 Å². The molecule has 1 atom stereocenters. The van der Waals surface area contributed by atoms with E-state index in [0.29, 0.717) is 30.6 Å². The monoisotopic (exact) mass is 545 g/mol. The number of benzene rings is 1. The minimum Gasteiger partial charge on any atom is -0.448 e. The third-order valence-electron chi connectivity index (χ3n) is 7.22. The number of aliphatic imine (C=N–C) groups is 1. The summed E-state index contributed by atoms with van der Waals surface area (Å²) in [6, 6.07) is 7.46. The van der Waals surface area contributed by atoms with Crippen LogP contribution in [0.1, 0.15) is 49.0 Å². The molecule has 0 fully saturated rings. The molecule has 1 unspecified atom stereocenters. The topological polar surface area (TPSA) is 123 Å². The predicted molar refractivity (Wildman–Crippen MR) is 150 cm³/mol. The predicted octanol–water partition coefficient (Wildman–Crippen LogP) is 3.11. The number of rotatable bonds is 12. The maximum Gasteiger partial charge on any atom is 0.326 e. The standard InChI is InChI=1S/C29H31N5O6/c1-4-5-6-10-33-16-30-21-8-7-9-22-26(21)28(33)19-12-34-23(27(19)31-22)11-18(20(15-39-3)29(34)38)24(14-35)40-25(37)13-32(2)17-36/h7-9,11,14,16-17,24H,4-6,10,12-13,15H2,1-3H3. The lowest BCUT2D eigenvalue weighted by Crippen LogP contribution is -2.30. The number of carbonyl (C=O) groups is 3. The number of anilines is 1. The van der Waals surface area contributed by atoms with Crippen LogP contribution in [-0.4, -0.2) is 66.7 Å². The molecule has 0 N–H and O–H groups in total. The molecule has 2 aliphatic heterocycles. The average molecular weight is 546 g/mol. The van der Waals surface area contributed by atoms with Gasteiger partial charge in [-0.25, -0.2) is 9.98 Å². The Morgan fingerprint density at radius 1 is 1.25 bits per heavy atom. The van der Waals surface area contributed by atoms with Crippen molar-refractivity contribution in [3.8, 4) is 11.4 Å². The Balaban J connectivity index is 1.65. The lowest BCUT2D eigenvalue weighted by molar-refractivity contribution is -0.154. The number of hydrogen-bond acceptors (Lipinski definition) is 9. The number of likely N-dealkylation sites (N-methyl/N-ethyl adjacent to an activating group) is 1. The van der Waals surface area contributed by atoms with Crippen LogP contribution < -0.4 is 10.5 Å². The van der Waals surface area contributed by atoms with Crippen LogP contribution in [0.5, 0.6) is 0 Å². The van der Waals surface area contributed by atoms with Crippen molar-refractivity contribution < 1.29 is 23.9 Å². The largest absolute Gasteiger partial charge is 0.448 e. The third-order valence-corrected chi connectivity index (χ3v) is 7.22. The van der Waals surface area contributed by atoms with Crippen LogP contribution in [0.15, 0.2) is 34.1 Å². The van der Waals surface area contributed by atoms with Crippen molar-refractivity contribution in [2.75, 3.05) is 32.1 Å². The summed E-state index contributed by atoms with van der Waals surface area (Å²) < 4.78 is 12.3. The molecule has 40 heavy (non-hydrogen) atoms. The highest BCUT2D eigenvalue weighted by Gasteiger charge is 2.33. The molecule has 0 saturated heterocycles. The van der Waals surface area contributed by atoms with Crippen LogP contribution in [0.4, 0.5) is 11.4 Å². The highest BCUT2D eigenvalue weighted by atomic mass is 16.5. The number of aromatic nitrogens is 2. The SMILES string of the molecule is CCCCCN1C=Nc2cccc3nc4c(c1c23)Cn1c-4cc(C(C=O)OC(=O)CN(C)C=O)c(COC)c1=O. The molecule has 11 heteroatoms. The lowest BCUT2D eigenvalue weighted by Gasteiger charge is -2.27. The van der Waals surface area contributed by atoms with E-state index in [9.17, 15) is 19.2 Å². The number of amides is 1. The Labute approximate surface area is 231 Å². The second kappa shape index (κ2) is 11.4. The van der Waals surface area contributed by atoms with Crippen LogP contribution in [0.3, 0.4) is 0 Å². The van der Waals surface area contributed by atoms with E-state index < -0.39 is 12.1 Å². The summed E-state index contributed by atoms with van der Waals surface area (Å²) in [6.07, 6.45) is 4.60. The number of aldehydes is 1. The fourth-order valence-electron chi connectivity index (χ4n) is 5.34. The lowest BCUT2D eigenvalue weighted by atomic mass is 10.0. The van der Waals surface area contributed by atoms with Crippen LogP contribution in [0.2, 0.25) is 0 Å². The molecule has 4 heterocycles. The van der Waals surface area contributed by atoms with Gasteiger partial charge in [-0.1, -0.05) is 25.8 Å². The first-order chi connectivity index (χ1) is 19.4. The molecule has 0 saturated carbocycles. The highest BCUT2D eigenvalue weighted by Crippen LogP contribution is 2.45. The van der Waals surface area contributed by atoms with Crippen LogP contribution in [-0.2, 0) is 37.0 Å². The first kappa shape index (κ1) is 27.2. The van der Waals surface area contributed by atoms with E-state index in [1.54, 1.807) is 10.6 Å². The second-order valence-corrected chi connectivity index (χ2v) is 9.96. The summed E-state index contributed by atoms with van der Waals surface area (Å²) in [5.41, 5.74) is 4.72. The highest BCUT2D eigenvalue weighted by molar-refractivity contribution is 6.11. The fraction of sp³-hybridized carbons (Fsp3) is 0.379. The number of pyridine rings is 2. The van der Waals surface area contributed by atoms with Gasteiger partial charge < -0.3 is 23.8 Å². The van der Waals surface area contributed by atoms with E-state index in [2.05, 4.69) is 16.8 Å². The summed E-state index contributed by atoms with van der Waals surface area (Å²) in [5.74, 6) is -0.779. The van der Waals surface area contributed by atoms with Crippen molar-refractivity contribution in [1.82, 2.24) is 14.5 Å². The normalized spacial score (nSPS) is 13.6. The van der Waals surface area contributed by atoms with Crippen LogP contribution in [0.25, 0.3) is 22.3 Å². The van der Waals surface area contributed by atoms with Gasteiger partial charge in [-0.05, 0) is 24.6 Å². The summed E-state index contributed by atoms with van der Waals surface area (Å²) in [4.78, 5) is 62.2. The van der Waals surface area contributed by atoms with Crippen molar-refractivity contribution in [2.45, 2.75) is 45.4 Å². The first-order valence-corrected chi connectivity index (χ1v) is 13.2. The van der Waals surface area contributed by atoms with Crippen molar-refractivity contribution in [3.05, 3.63) is 51.3 Å². The van der Waals surface area contributed by atoms with Gasteiger partial charge in [0.25, 0.3) is 5.56 Å². The zero-order chi connectivity index (χ0) is 28.4. The molecule has 2 aliphatic rings. The number of carbonyl (C=O) groups excluding carboxylic acids is 3. The average Bonchev–Trinajstić information content (AvgIpc) is 3.32. The van der Waals surface area contributed by atoms with E-state index in [1.165, 1.54) is 14.2 Å². The second-order valence-electron chi connectivity index (χ2n) is 9.96. The smallest absolute Gasteiger partial charge is 0.326 e. The molecule has 0 aliphatic carbocycles. The number of nitrogens with zero attached hydrogens (tertiary/aromatic N) is 5. The Morgan fingerprint density at radius 2 is 2.08 bits per heavy atom. The Morgan fingerprint density at radius 3 is 2.80 bits per heavy atom. The quantitative estimate of drug-likeness (QED) is 0.151. The van der Waals surface area contributed by atoms with E-state index >= 15 is 0 Å². The van der Waals surface area contributed by atoms with Gasteiger partial charge in [0.15, 0.2) is 12.4 Å². The van der Waals surface area contributed by atoms with E-state index in [0.717, 1.165) is 58.5 Å². The van der Waals surface area contributed by atoms with Gasteiger partial charge in [0.05, 0.1) is 58.7 Å². The zero-order valence-electron chi connectivity index (χ0n) is 22.8. The number of ether oxygens (including phenoxy) is 2.